The van der Waals surface area contributed by atoms with Crippen molar-refractivity contribution >= 4 is 28.9 Å². The Hall–Kier alpha value is -2.20. The minimum absolute atomic E-state index is 0.258. The molecule has 5 heteroatoms. The molecular weight excluding hydrogens is 288 g/mol. The summed E-state index contributed by atoms with van der Waals surface area (Å²) in [4.78, 5) is 12.3. The van der Waals surface area contributed by atoms with Crippen LogP contribution in [0, 0.1) is 6.92 Å². The van der Waals surface area contributed by atoms with Gasteiger partial charge in [-0.2, -0.15) is 0 Å². The number of benzene rings is 2. The number of carbonyl (C=O) groups excluding carboxylic acids is 1. The maximum atomic E-state index is 12.3. The van der Waals surface area contributed by atoms with Crippen LogP contribution in [0.5, 0.6) is 5.75 Å². The van der Waals surface area contributed by atoms with E-state index >= 15 is 0 Å². The highest BCUT2D eigenvalue weighted by Gasteiger charge is 2.13. The summed E-state index contributed by atoms with van der Waals surface area (Å²) in [6.45, 7) is 4.26. The summed E-state index contributed by atoms with van der Waals surface area (Å²) in [6, 6.07) is 10.5. The molecule has 0 aliphatic rings. The van der Waals surface area contributed by atoms with Gasteiger partial charge in [-0.3, -0.25) is 4.79 Å². The molecular formula is C16H17ClN2O2. The van der Waals surface area contributed by atoms with Crippen molar-refractivity contribution in [2.45, 2.75) is 13.8 Å². The average Bonchev–Trinajstić information content (AvgIpc) is 2.42. The molecule has 1 amide bonds. The van der Waals surface area contributed by atoms with E-state index in [1.165, 1.54) is 0 Å². The fourth-order valence-electron chi connectivity index (χ4n) is 2.05. The molecule has 2 rings (SSSR count). The first-order valence-corrected chi connectivity index (χ1v) is 6.99. The van der Waals surface area contributed by atoms with Crippen molar-refractivity contribution in [1.29, 1.82) is 0 Å². The molecule has 21 heavy (non-hydrogen) atoms. The molecule has 3 N–H and O–H groups in total. The lowest BCUT2D eigenvalue weighted by atomic mass is 10.1. The second-order valence-electron chi connectivity index (χ2n) is 4.57. The molecule has 0 radical (unpaired) electrons. The number of hydrogen-bond donors (Lipinski definition) is 2. The number of carbonyl (C=O) groups is 1. The molecule has 0 saturated heterocycles. The van der Waals surface area contributed by atoms with Gasteiger partial charge < -0.3 is 15.8 Å². The molecule has 0 aromatic heterocycles. The summed E-state index contributed by atoms with van der Waals surface area (Å²) in [6.07, 6.45) is 0. The fraction of sp³-hybridized carbons (Fsp3) is 0.188. The molecule has 110 valence electrons. The summed E-state index contributed by atoms with van der Waals surface area (Å²) >= 11 is 6.10. The minimum atomic E-state index is -0.258. The van der Waals surface area contributed by atoms with Crippen molar-refractivity contribution < 1.29 is 9.53 Å². The molecule has 0 unspecified atom stereocenters. The molecule has 0 spiro atoms. The summed E-state index contributed by atoms with van der Waals surface area (Å²) < 4.78 is 5.35. The van der Waals surface area contributed by atoms with E-state index in [1.54, 1.807) is 24.3 Å². The lowest BCUT2D eigenvalue weighted by Gasteiger charge is -2.11. The van der Waals surface area contributed by atoms with Crippen molar-refractivity contribution in [1.82, 2.24) is 0 Å². The van der Waals surface area contributed by atoms with Gasteiger partial charge >= 0.3 is 0 Å². The summed E-state index contributed by atoms with van der Waals surface area (Å²) in [7, 11) is 0. The van der Waals surface area contributed by atoms with Crippen molar-refractivity contribution in [3.05, 3.63) is 52.5 Å². The zero-order valence-corrected chi connectivity index (χ0v) is 12.7. The molecule has 0 atom stereocenters. The molecule has 0 aliphatic carbocycles. The molecule has 0 heterocycles. The maximum Gasteiger partial charge on any atom is 0.258 e. The maximum absolute atomic E-state index is 12.3. The van der Waals surface area contributed by atoms with E-state index in [2.05, 4.69) is 5.32 Å². The second-order valence-corrected chi connectivity index (χ2v) is 4.98. The van der Waals surface area contributed by atoms with Crippen molar-refractivity contribution in [2.24, 2.45) is 0 Å². The highest BCUT2D eigenvalue weighted by Crippen LogP contribution is 2.28. The Balaban J connectivity index is 2.22. The van der Waals surface area contributed by atoms with Crippen LogP contribution in [0.25, 0.3) is 0 Å². The van der Waals surface area contributed by atoms with Gasteiger partial charge in [0, 0.05) is 11.4 Å². The number of nitrogen functional groups attached to an aromatic ring is 1. The SMILES string of the molecule is CCOc1ccc(NC(=O)c2c(C)cccc2N)cc1Cl. The van der Waals surface area contributed by atoms with Gasteiger partial charge in [-0.25, -0.2) is 0 Å². The molecule has 4 nitrogen and oxygen atoms in total. The standard InChI is InChI=1S/C16H17ClN2O2/c1-3-21-14-8-7-11(9-12(14)17)19-16(20)15-10(2)5-4-6-13(15)18/h4-9H,3,18H2,1-2H3,(H,19,20). The zero-order chi connectivity index (χ0) is 15.4. The molecule has 0 bridgehead atoms. The van der Waals surface area contributed by atoms with Gasteiger partial charge in [-0.05, 0) is 43.7 Å². The molecule has 2 aromatic rings. The van der Waals surface area contributed by atoms with E-state index in [1.807, 2.05) is 26.0 Å². The molecule has 0 fully saturated rings. The van der Waals surface area contributed by atoms with Crippen LogP contribution >= 0.6 is 11.6 Å². The van der Waals surface area contributed by atoms with E-state index < -0.39 is 0 Å². The third-order valence-corrected chi connectivity index (χ3v) is 3.32. The van der Waals surface area contributed by atoms with Crippen LogP contribution in [0.4, 0.5) is 11.4 Å². The Kier molecular flexibility index (Phi) is 4.70. The number of hydrogen-bond acceptors (Lipinski definition) is 3. The minimum Gasteiger partial charge on any atom is -0.492 e. The smallest absolute Gasteiger partial charge is 0.258 e. The number of halogens is 1. The van der Waals surface area contributed by atoms with E-state index in [9.17, 15) is 4.79 Å². The predicted molar refractivity (Wildman–Crippen MR) is 86.2 cm³/mol. The molecule has 0 aliphatic heterocycles. The average molecular weight is 305 g/mol. The van der Waals surface area contributed by atoms with Gasteiger partial charge in [0.15, 0.2) is 0 Å². The number of nitrogens with one attached hydrogen (secondary N) is 1. The van der Waals surface area contributed by atoms with Gasteiger partial charge in [0.25, 0.3) is 5.91 Å². The monoisotopic (exact) mass is 304 g/mol. The quantitative estimate of drug-likeness (QED) is 0.842. The zero-order valence-electron chi connectivity index (χ0n) is 11.9. The first-order valence-electron chi connectivity index (χ1n) is 6.61. The lowest BCUT2D eigenvalue weighted by molar-refractivity contribution is 0.102. The third kappa shape index (κ3) is 3.47. The lowest BCUT2D eigenvalue weighted by Crippen LogP contribution is -2.15. The number of aryl methyl sites for hydroxylation is 1. The predicted octanol–water partition coefficient (Wildman–Crippen LogP) is 3.88. The van der Waals surface area contributed by atoms with E-state index in [0.717, 1.165) is 5.56 Å². The summed E-state index contributed by atoms with van der Waals surface area (Å²) in [5.74, 6) is 0.332. The van der Waals surface area contributed by atoms with Crippen LogP contribution in [0.15, 0.2) is 36.4 Å². The van der Waals surface area contributed by atoms with Crippen molar-refractivity contribution in [3.63, 3.8) is 0 Å². The van der Waals surface area contributed by atoms with E-state index in [0.29, 0.717) is 34.3 Å². The fourth-order valence-corrected chi connectivity index (χ4v) is 2.28. The van der Waals surface area contributed by atoms with Crippen LogP contribution in [-0.2, 0) is 0 Å². The van der Waals surface area contributed by atoms with Crippen LogP contribution in [0.3, 0.4) is 0 Å². The Morgan fingerprint density at radius 1 is 1.33 bits per heavy atom. The number of rotatable bonds is 4. The van der Waals surface area contributed by atoms with E-state index in [-0.39, 0.29) is 5.91 Å². The number of amides is 1. The summed E-state index contributed by atoms with van der Waals surface area (Å²) in [5, 5.41) is 3.24. The van der Waals surface area contributed by atoms with Crippen LogP contribution in [0.1, 0.15) is 22.8 Å². The third-order valence-electron chi connectivity index (χ3n) is 3.02. The van der Waals surface area contributed by atoms with Crippen LogP contribution < -0.4 is 15.8 Å². The van der Waals surface area contributed by atoms with Gasteiger partial charge in [0.2, 0.25) is 0 Å². The van der Waals surface area contributed by atoms with Crippen LogP contribution in [0.2, 0.25) is 5.02 Å². The molecule has 0 saturated carbocycles. The number of ether oxygens (including phenoxy) is 1. The number of anilines is 2. The van der Waals surface area contributed by atoms with Crippen LogP contribution in [-0.4, -0.2) is 12.5 Å². The Morgan fingerprint density at radius 2 is 2.10 bits per heavy atom. The largest absolute Gasteiger partial charge is 0.492 e. The first kappa shape index (κ1) is 15.2. The second kappa shape index (κ2) is 6.50. The Morgan fingerprint density at radius 3 is 2.71 bits per heavy atom. The van der Waals surface area contributed by atoms with Gasteiger partial charge in [0.1, 0.15) is 5.75 Å². The summed E-state index contributed by atoms with van der Waals surface area (Å²) in [5.41, 5.74) is 8.20. The van der Waals surface area contributed by atoms with Crippen molar-refractivity contribution in [3.8, 4) is 5.75 Å². The Bertz CT molecular complexity index is 651. The highest BCUT2D eigenvalue weighted by atomic mass is 35.5. The Labute approximate surface area is 128 Å². The van der Waals surface area contributed by atoms with E-state index in [4.69, 9.17) is 22.1 Å². The van der Waals surface area contributed by atoms with Gasteiger partial charge in [0.05, 0.1) is 17.2 Å². The topological polar surface area (TPSA) is 64.3 Å². The first-order chi connectivity index (χ1) is 10.0. The molecule has 2 aromatic carbocycles. The van der Waals surface area contributed by atoms with Crippen molar-refractivity contribution in [2.75, 3.05) is 17.7 Å². The van der Waals surface area contributed by atoms with Gasteiger partial charge in [-0.1, -0.05) is 23.7 Å². The van der Waals surface area contributed by atoms with Gasteiger partial charge in [-0.15, -0.1) is 0 Å². The number of nitrogens with two attached hydrogens (primary N) is 1. The normalized spacial score (nSPS) is 10.2. The highest BCUT2D eigenvalue weighted by molar-refractivity contribution is 6.32.